The first kappa shape index (κ1) is 21.2. The van der Waals surface area contributed by atoms with E-state index >= 15 is 0 Å². The number of aryl methyl sites for hydroxylation is 3. The molecule has 0 aliphatic carbocycles. The summed E-state index contributed by atoms with van der Waals surface area (Å²) in [5, 5.41) is 1.61. The Morgan fingerprint density at radius 3 is 2.62 bits per heavy atom. The normalized spacial score (nSPS) is 18.6. The van der Waals surface area contributed by atoms with Crippen LogP contribution in [0, 0.1) is 13.8 Å². The summed E-state index contributed by atoms with van der Waals surface area (Å²) in [5.74, 6) is 0.854. The number of carbonyl (C=O) groups is 1. The largest absolute Gasteiger partial charge is 0.329 e. The fraction of sp³-hybridized carbons (Fsp3) is 0.320. The molecule has 4 aromatic rings. The lowest BCUT2D eigenvalue weighted by Crippen LogP contribution is -2.44. The monoisotopic (exact) mass is 464 g/mol. The molecule has 0 N–H and O–H groups in total. The van der Waals surface area contributed by atoms with Crippen LogP contribution in [0.4, 0.5) is 0 Å². The maximum absolute atomic E-state index is 13.9. The predicted molar refractivity (Wildman–Crippen MR) is 130 cm³/mol. The van der Waals surface area contributed by atoms with Crippen molar-refractivity contribution in [1.82, 2.24) is 19.4 Å². The molecule has 5 nitrogen and oxygen atoms in total. The molecule has 1 fully saturated rings. The van der Waals surface area contributed by atoms with Crippen LogP contribution < -0.4 is 0 Å². The Kier molecular flexibility index (Phi) is 5.10. The molecule has 1 saturated heterocycles. The second-order valence-electron chi connectivity index (χ2n) is 8.65. The van der Waals surface area contributed by atoms with Gasteiger partial charge in [0.1, 0.15) is 11.5 Å². The zero-order valence-corrected chi connectivity index (χ0v) is 20.2. The number of aromatic nitrogens is 3. The summed E-state index contributed by atoms with van der Waals surface area (Å²) < 4.78 is 2.10. The van der Waals surface area contributed by atoms with E-state index in [1.165, 1.54) is 0 Å². The molecule has 32 heavy (non-hydrogen) atoms. The number of hydrogen-bond acceptors (Lipinski definition) is 4. The third-order valence-electron chi connectivity index (χ3n) is 6.56. The molecule has 2 aromatic heterocycles. The van der Waals surface area contributed by atoms with Gasteiger partial charge in [-0.3, -0.25) is 4.79 Å². The highest BCUT2D eigenvalue weighted by Crippen LogP contribution is 2.42. The van der Waals surface area contributed by atoms with Gasteiger partial charge >= 0.3 is 0 Å². The van der Waals surface area contributed by atoms with Gasteiger partial charge in [0.25, 0.3) is 5.91 Å². The number of rotatable bonds is 3. The van der Waals surface area contributed by atoms with Gasteiger partial charge in [0.2, 0.25) is 0 Å². The summed E-state index contributed by atoms with van der Waals surface area (Å²) in [6.07, 6.45) is 1.78. The van der Waals surface area contributed by atoms with E-state index in [0.717, 1.165) is 55.7 Å². The van der Waals surface area contributed by atoms with Crippen LogP contribution in [-0.4, -0.2) is 31.9 Å². The molecule has 0 radical (unpaired) electrons. The van der Waals surface area contributed by atoms with Crippen molar-refractivity contribution in [1.29, 1.82) is 0 Å². The second kappa shape index (κ2) is 7.71. The number of fused-ring (bicyclic) bond motifs is 1. The smallest absolute Gasteiger partial charge is 0.274 e. The topological polar surface area (TPSA) is 51.0 Å². The number of imidazole rings is 1. The zero-order valence-electron chi connectivity index (χ0n) is 18.6. The Morgan fingerprint density at radius 2 is 1.88 bits per heavy atom. The maximum atomic E-state index is 13.9. The van der Waals surface area contributed by atoms with Crippen molar-refractivity contribution in [2.45, 2.75) is 39.2 Å². The number of hydrogen-bond donors (Lipinski definition) is 0. The first-order valence-electron chi connectivity index (χ1n) is 10.8. The van der Waals surface area contributed by atoms with E-state index in [4.69, 9.17) is 16.6 Å². The lowest BCUT2D eigenvalue weighted by molar-refractivity contribution is 0.0595. The molecular weight excluding hydrogens is 440 g/mol. The van der Waals surface area contributed by atoms with E-state index in [1.807, 2.05) is 68.3 Å². The van der Waals surface area contributed by atoms with Gasteiger partial charge in [0.15, 0.2) is 0 Å². The van der Waals surface area contributed by atoms with Crippen LogP contribution in [0.15, 0.2) is 42.5 Å². The number of nitrogens with zero attached hydrogens (tertiary/aromatic N) is 4. The van der Waals surface area contributed by atoms with E-state index in [9.17, 15) is 4.79 Å². The number of halogens is 1. The first-order chi connectivity index (χ1) is 15.3. The van der Waals surface area contributed by atoms with E-state index in [-0.39, 0.29) is 5.91 Å². The van der Waals surface area contributed by atoms with Crippen molar-refractivity contribution >= 4 is 39.9 Å². The molecular formula is C25H25ClN4OS. The van der Waals surface area contributed by atoms with Crippen LogP contribution in [0.25, 0.3) is 21.5 Å². The molecule has 7 heteroatoms. The Labute approximate surface area is 196 Å². The highest BCUT2D eigenvalue weighted by Gasteiger charge is 2.45. The summed E-state index contributed by atoms with van der Waals surface area (Å²) in [6.45, 7) is 6.77. The zero-order chi connectivity index (χ0) is 22.6. The van der Waals surface area contributed by atoms with Crippen LogP contribution in [0.3, 0.4) is 0 Å². The average molecular weight is 465 g/mol. The molecule has 1 amide bonds. The third-order valence-corrected chi connectivity index (χ3v) is 7.99. The third kappa shape index (κ3) is 3.16. The second-order valence-corrected chi connectivity index (χ2v) is 10.3. The summed E-state index contributed by atoms with van der Waals surface area (Å²) in [4.78, 5) is 26.4. The van der Waals surface area contributed by atoms with Gasteiger partial charge in [-0.25, -0.2) is 9.97 Å². The van der Waals surface area contributed by atoms with Crippen LogP contribution in [0.5, 0.6) is 0 Å². The highest BCUT2D eigenvalue weighted by atomic mass is 35.5. The Hall–Kier alpha value is -2.70. The Balaban J connectivity index is 1.61. The molecule has 3 heterocycles. The average Bonchev–Trinajstić information content (AvgIpc) is 3.47. The van der Waals surface area contributed by atoms with E-state index in [1.54, 1.807) is 11.3 Å². The fourth-order valence-electron chi connectivity index (χ4n) is 4.96. The standard InChI is InChI=1S/C25H25ClN4OS/c1-15-18(26)11-12-19-21(15)29(4)24(28-19)25(3)13-8-14-30(25)23(31)20-22(32-16(2)27-20)17-9-6-5-7-10-17/h5-7,9-12H,8,13-14H2,1-4H3. The van der Waals surface area contributed by atoms with Crippen LogP contribution in [-0.2, 0) is 12.6 Å². The maximum Gasteiger partial charge on any atom is 0.274 e. The quantitative estimate of drug-likeness (QED) is 0.367. The molecule has 164 valence electrons. The van der Waals surface area contributed by atoms with Crippen LogP contribution in [0.1, 0.15) is 46.6 Å². The summed E-state index contributed by atoms with van der Waals surface area (Å²) in [6, 6.07) is 13.9. The molecule has 1 unspecified atom stereocenters. The van der Waals surface area contributed by atoms with Gasteiger partial charge in [0, 0.05) is 18.6 Å². The molecule has 2 aromatic carbocycles. The summed E-state index contributed by atoms with van der Waals surface area (Å²) in [7, 11) is 2.02. The van der Waals surface area contributed by atoms with Crippen LogP contribution >= 0.6 is 22.9 Å². The van der Waals surface area contributed by atoms with Gasteiger partial charge in [-0.15, -0.1) is 11.3 Å². The van der Waals surface area contributed by atoms with Crippen molar-refractivity contribution in [3.05, 3.63) is 69.6 Å². The summed E-state index contributed by atoms with van der Waals surface area (Å²) >= 11 is 7.95. The number of carbonyl (C=O) groups excluding carboxylic acids is 1. The number of likely N-dealkylation sites (tertiary alicyclic amines) is 1. The molecule has 0 bridgehead atoms. The lowest BCUT2D eigenvalue weighted by Gasteiger charge is -2.34. The SMILES string of the molecule is Cc1nc(C(=O)N2CCCC2(C)c2nc3ccc(Cl)c(C)c3n2C)c(-c2ccccc2)s1. The van der Waals surface area contributed by atoms with Gasteiger partial charge in [-0.05, 0) is 56.9 Å². The molecule has 1 aliphatic rings. The van der Waals surface area contributed by atoms with Crippen molar-refractivity contribution in [2.24, 2.45) is 7.05 Å². The van der Waals surface area contributed by atoms with Crippen LogP contribution in [0.2, 0.25) is 5.02 Å². The Bertz CT molecular complexity index is 1340. The van der Waals surface area contributed by atoms with Gasteiger partial charge in [-0.1, -0.05) is 41.9 Å². The first-order valence-corrected chi connectivity index (χ1v) is 12.0. The highest BCUT2D eigenvalue weighted by molar-refractivity contribution is 7.15. The number of benzene rings is 2. The predicted octanol–water partition coefficient (Wildman–Crippen LogP) is 6.12. The molecule has 5 rings (SSSR count). The molecule has 0 spiro atoms. The molecule has 1 atom stereocenters. The molecule has 0 saturated carbocycles. The van der Waals surface area contributed by atoms with E-state index in [0.29, 0.717) is 12.2 Å². The van der Waals surface area contributed by atoms with Crippen molar-refractivity contribution < 1.29 is 4.79 Å². The fourth-order valence-corrected chi connectivity index (χ4v) is 6.03. The van der Waals surface area contributed by atoms with Crippen molar-refractivity contribution in [3.63, 3.8) is 0 Å². The van der Waals surface area contributed by atoms with Gasteiger partial charge < -0.3 is 9.47 Å². The van der Waals surface area contributed by atoms with Crippen molar-refractivity contribution in [3.8, 4) is 10.4 Å². The minimum Gasteiger partial charge on any atom is -0.329 e. The van der Waals surface area contributed by atoms with Gasteiger partial charge in [-0.2, -0.15) is 0 Å². The van der Waals surface area contributed by atoms with Gasteiger partial charge in [0.05, 0.1) is 26.5 Å². The summed E-state index contributed by atoms with van der Waals surface area (Å²) in [5.41, 5.74) is 3.96. The number of thiazole rings is 1. The Morgan fingerprint density at radius 1 is 1.12 bits per heavy atom. The minimum absolute atomic E-state index is 0.0324. The van der Waals surface area contributed by atoms with E-state index < -0.39 is 5.54 Å². The van der Waals surface area contributed by atoms with Crippen molar-refractivity contribution in [2.75, 3.05) is 6.54 Å². The lowest BCUT2D eigenvalue weighted by atomic mass is 9.97. The van der Waals surface area contributed by atoms with E-state index in [2.05, 4.69) is 16.5 Å². The molecule has 1 aliphatic heterocycles. The number of amides is 1. The minimum atomic E-state index is -0.519.